The number of benzene rings is 1. The van der Waals surface area contributed by atoms with Crippen LogP contribution in [0, 0.1) is 0 Å². The smallest absolute Gasteiger partial charge is 0.263 e. The number of rotatable bonds is 3. The summed E-state index contributed by atoms with van der Waals surface area (Å²) in [5.74, 6) is -0.0724. The van der Waals surface area contributed by atoms with Crippen LogP contribution in [0.2, 0.25) is 0 Å². The molecule has 3 nitrogen and oxygen atoms in total. The van der Waals surface area contributed by atoms with E-state index in [0.717, 1.165) is 10.6 Å². The van der Waals surface area contributed by atoms with E-state index in [-0.39, 0.29) is 11.3 Å². The third kappa shape index (κ3) is 3.70. The molecule has 1 aromatic heterocycles. The fourth-order valence-electron chi connectivity index (χ4n) is 2.00. The predicted octanol–water partition coefficient (Wildman–Crippen LogP) is 4.11. The normalized spacial score (nSPS) is 12.2. The number of carbonyl (C=O) groups is 1. The number of hydrogen-bond donors (Lipinski definition) is 1. The van der Waals surface area contributed by atoms with E-state index in [4.69, 9.17) is 0 Å². The van der Waals surface area contributed by atoms with E-state index in [0.29, 0.717) is 4.88 Å². The van der Waals surface area contributed by atoms with Crippen LogP contribution in [-0.2, 0) is 11.0 Å². The minimum Gasteiger partial charge on any atom is -0.342 e. The van der Waals surface area contributed by atoms with Gasteiger partial charge in [-0.15, -0.1) is 11.3 Å². The monoisotopic (exact) mass is 302 g/mol. The maximum atomic E-state index is 12.4. The van der Waals surface area contributed by atoms with Crippen molar-refractivity contribution in [3.8, 4) is 0 Å². The Labute approximate surface area is 130 Å². The van der Waals surface area contributed by atoms with Gasteiger partial charge >= 0.3 is 0 Å². The second-order valence-electron chi connectivity index (χ2n) is 6.72. The molecule has 0 saturated carbocycles. The molecule has 0 atom stereocenters. The summed E-state index contributed by atoms with van der Waals surface area (Å²) in [5.41, 5.74) is 0.640. The molecule has 0 aliphatic carbocycles. The van der Waals surface area contributed by atoms with Gasteiger partial charge in [-0.3, -0.25) is 4.79 Å². The zero-order valence-corrected chi connectivity index (χ0v) is 14.0. The van der Waals surface area contributed by atoms with Crippen LogP contribution in [0.5, 0.6) is 0 Å². The number of aromatic nitrogens is 1. The molecule has 0 aliphatic heterocycles. The molecule has 4 heteroatoms. The Morgan fingerprint density at radius 2 is 1.71 bits per heavy atom. The summed E-state index contributed by atoms with van der Waals surface area (Å²) in [5, 5.41) is 4.06. The molecule has 0 fully saturated rings. The van der Waals surface area contributed by atoms with E-state index in [9.17, 15) is 4.79 Å². The number of nitrogens with one attached hydrogen (secondary N) is 1. The second-order valence-corrected chi connectivity index (χ2v) is 7.76. The quantitative estimate of drug-likeness (QED) is 0.927. The number of nitrogens with zero attached hydrogens (tertiary/aromatic N) is 1. The highest BCUT2D eigenvalue weighted by Gasteiger charge is 2.25. The first-order chi connectivity index (χ1) is 9.70. The van der Waals surface area contributed by atoms with Gasteiger partial charge in [0.15, 0.2) is 0 Å². The van der Waals surface area contributed by atoms with Crippen LogP contribution in [-0.4, -0.2) is 10.9 Å². The molecule has 1 N–H and O–H groups in total. The van der Waals surface area contributed by atoms with Crippen molar-refractivity contribution in [1.29, 1.82) is 0 Å². The lowest BCUT2D eigenvalue weighted by atomic mass is 9.94. The lowest BCUT2D eigenvalue weighted by molar-refractivity contribution is 0.0916. The minimum absolute atomic E-state index is 0.0296. The largest absolute Gasteiger partial charge is 0.342 e. The van der Waals surface area contributed by atoms with Crippen molar-refractivity contribution in [2.45, 2.75) is 45.6 Å². The molecule has 21 heavy (non-hydrogen) atoms. The fraction of sp³-hybridized carbons (Fsp3) is 0.412. The first kappa shape index (κ1) is 15.7. The van der Waals surface area contributed by atoms with Gasteiger partial charge in [-0.1, -0.05) is 51.1 Å². The van der Waals surface area contributed by atoms with Crippen molar-refractivity contribution in [1.82, 2.24) is 10.3 Å². The zero-order valence-electron chi connectivity index (χ0n) is 13.2. The molecule has 0 bridgehead atoms. The number of hydrogen-bond acceptors (Lipinski definition) is 3. The van der Waals surface area contributed by atoms with Crippen LogP contribution < -0.4 is 5.32 Å². The van der Waals surface area contributed by atoms with Crippen molar-refractivity contribution in [3.05, 3.63) is 52.0 Å². The van der Waals surface area contributed by atoms with Crippen LogP contribution in [0.3, 0.4) is 0 Å². The van der Waals surface area contributed by atoms with Crippen molar-refractivity contribution in [3.63, 3.8) is 0 Å². The number of thiazole rings is 1. The maximum Gasteiger partial charge on any atom is 0.263 e. The average molecular weight is 302 g/mol. The van der Waals surface area contributed by atoms with Crippen LogP contribution >= 0.6 is 11.3 Å². The van der Waals surface area contributed by atoms with Crippen molar-refractivity contribution < 1.29 is 4.79 Å². The second kappa shape index (κ2) is 5.60. The standard InChI is InChI=1S/C17H22N2OS/c1-16(2,3)15-18-11-13(21-15)14(20)19-17(4,5)12-9-7-6-8-10-12/h6-11H,1-5H3,(H,19,20). The van der Waals surface area contributed by atoms with Gasteiger partial charge < -0.3 is 5.32 Å². The fourth-order valence-corrected chi connectivity index (χ4v) is 2.87. The van der Waals surface area contributed by atoms with Gasteiger partial charge in [-0.25, -0.2) is 4.98 Å². The van der Waals surface area contributed by atoms with E-state index >= 15 is 0 Å². The third-order valence-electron chi connectivity index (χ3n) is 3.29. The first-order valence-electron chi connectivity index (χ1n) is 7.04. The van der Waals surface area contributed by atoms with Crippen LogP contribution in [0.1, 0.15) is 54.9 Å². The molecule has 2 aromatic rings. The highest BCUT2D eigenvalue weighted by atomic mass is 32.1. The molecule has 0 saturated heterocycles. The van der Waals surface area contributed by atoms with E-state index in [1.54, 1.807) is 6.20 Å². The Morgan fingerprint density at radius 1 is 1.10 bits per heavy atom. The Balaban J connectivity index is 2.16. The third-order valence-corrected chi connectivity index (χ3v) is 4.71. The molecule has 0 aliphatic rings. The van der Waals surface area contributed by atoms with E-state index < -0.39 is 5.54 Å². The number of carbonyl (C=O) groups excluding carboxylic acids is 1. The van der Waals surface area contributed by atoms with Gasteiger partial charge in [-0.05, 0) is 19.4 Å². The lowest BCUT2D eigenvalue weighted by Crippen LogP contribution is -2.40. The van der Waals surface area contributed by atoms with Crippen LogP contribution in [0.15, 0.2) is 36.5 Å². The highest BCUT2D eigenvalue weighted by molar-refractivity contribution is 7.13. The summed E-state index contributed by atoms with van der Waals surface area (Å²) < 4.78 is 0. The summed E-state index contributed by atoms with van der Waals surface area (Å²) >= 11 is 1.46. The van der Waals surface area contributed by atoms with Crippen molar-refractivity contribution in [2.75, 3.05) is 0 Å². The molecule has 0 spiro atoms. The average Bonchev–Trinajstić information content (AvgIpc) is 2.89. The topological polar surface area (TPSA) is 42.0 Å². The molecule has 2 rings (SSSR count). The van der Waals surface area contributed by atoms with Crippen LogP contribution in [0.25, 0.3) is 0 Å². The Hall–Kier alpha value is -1.68. The van der Waals surface area contributed by atoms with Gasteiger partial charge in [0, 0.05) is 5.41 Å². The summed E-state index contributed by atoms with van der Waals surface area (Å²) in [6.45, 7) is 10.3. The molecular formula is C17H22N2OS. The lowest BCUT2D eigenvalue weighted by Gasteiger charge is -2.26. The first-order valence-corrected chi connectivity index (χ1v) is 7.86. The van der Waals surface area contributed by atoms with E-state index in [1.807, 2.05) is 44.2 Å². The van der Waals surface area contributed by atoms with E-state index in [1.165, 1.54) is 11.3 Å². The summed E-state index contributed by atoms with van der Waals surface area (Å²) in [6, 6.07) is 9.97. The molecular weight excluding hydrogens is 280 g/mol. The molecule has 1 amide bonds. The highest BCUT2D eigenvalue weighted by Crippen LogP contribution is 2.27. The predicted molar refractivity (Wildman–Crippen MR) is 87.7 cm³/mol. The summed E-state index contributed by atoms with van der Waals surface area (Å²) in [6.07, 6.45) is 1.67. The number of amides is 1. The minimum atomic E-state index is -0.412. The van der Waals surface area contributed by atoms with Gasteiger partial charge in [0.2, 0.25) is 0 Å². The zero-order chi connectivity index (χ0) is 15.7. The Morgan fingerprint density at radius 3 is 2.24 bits per heavy atom. The molecule has 0 radical (unpaired) electrons. The van der Waals surface area contributed by atoms with Gasteiger partial charge in [-0.2, -0.15) is 0 Å². The van der Waals surface area contributed by atoms with Crippen molar-refractivity contribution in [2.24, 2.45) is 0 Å². The maximum absolute atomic E-state index is 12.4. The summed E-state index contributed by atoms with van der Waals surface area (Å²) in [7, 11) is 0. The molecule has 112 valence electrons. The molecule has 0 unspecified atom stereocenters. The SMILES string of the molecule is CC(C)(C)c1ncc(C(=O)NC(C)(C)c2ccccc2)s1. The Bertz CT molecular complexity index is 624. The van der Waals surface area contributed by atoms with Crippen molar-refractivity contribution >= 4 is 17.2 Å². The van der Waals surface area contributed by atoms with Gasteiger partial charge in [0.1, 0.15) is 4.88 Å². The van der Waals surface area contributed by atoms with E-state index in [2.05, 4.69) is 31.1 Å². The molecule has 1 heterocycles. The van der Waals surface area contributed by atoms with Gasteiger partial charge in [0.05, 0.1) is 16.7 Å². The van der Waals surface area contributed by atoms with Crippen LogP contribution in [0.4, 0.5) is 0 Å². The molecule has 1 aromatic carbocycles. The Kier molecular flexibility index (Phi) is 4.19. The van der Waals surface area contributed by atoms with Gasteiger partial charge in [0.25, 0.3) is 5.91 Å². The summed E-state index contributed by atoms with van der Waals surface area (Å²) in [4.78, 5) is 17.5.